The zero-order valence-electron chi connectivity index (χ0n) is 12.4. The van der Waals surface area contributed by atoms with Crippen molar-refractivity contribution in [3.8, 4) is 0 Å². The van der Waals surface area contributed by atoms with E-state index in [4.69, 9.17) is 0 Å². The molecule has 1 N–H and O–H groups in total. The first-order chi connectivity index (χ1) is 9.50. The average molecular weight is 292 g/mol. The minimum Gasteiger partial charge on any atom is -0.315 e. The molecule has 2 atom stereocenters. The molecule has 1 aliphatic heterocycles. The summed E-state index contributed by atoms with van der Waals surface area (Å²) in [7, 11) is 1.95. The molecule has 118 valence electrons. The molecule has 1 saturated carbocycles. The summed E-state index contributed by atoms with van der Waals surface area (Å²) in [4.78, 5) is 2.03. The second-order valence-corrected chi connectivity index (χ2v) is 6.43. The number of alkyl halides is 3. The monoisotopic (exact) mass is 292 g/mol. The van der Waals surface area contributed by atoms with Gasteiger partial charge in [0.05, 0.1) is 5.92 Å². The van der Waals surface area contributed by atoms with Gasteiger partial charge in [0.1, 0.15) is 0 Å². The minimum atomic E-state index is -4.03. The Bertz CT molecular complexity index is 287. The van der Waals surface area contributed by atoms with Gasteiger partial charge in [0.25, 0.3) is 0 Å². The van der Waals surface area contributed by atoms with Crippen LogP contribution in [0.4, 0.5) is 13.2 Å². The zero-order chi connectivity index (χ0) is 14.6. The van der Waals surface area contributed by atoms with E-state index in [0.29, 0.717) is 24.8 Å². The van der Waals surface area contributed by atoms with E-state index in [1.54, 1.807) is 0 Å². The van der Waals surface area contributed by atoms with Gasteiger partial charge in [0.15, 0.2) is 0 Å². The number of hydrogen-bond donors (Lipinski definition) is 1. The Morgan fingerprint density at radius 3 is 2.40 bits per heavy atom. The molecule has 0 radical (unpaired) electrons. The lowest BCUT2D eigenvalue weighted by atomic mass is 9.83. The highest BCUT2D eigenvalue weighted by Gasteiger charge is 2.42. The molecule has 2 unspecified atom stereocenters. The lowest BCUT2D eigenvalue weighted by molar-refractivity contribution is -0.187. The highest BCUT2D eigenvalue weighted by Crippen LogP contribution is 2.34. The lowest BCUT2D eigenvalue weighted by Crippen LogP contribution is -2.49. The highest BCUT2D eigenvalue weighted by atomic mass is 19.4. The third-order valence-corrected chi connectivity index (χ3v) is 5.01. The summed E-state index contributed by atoms with van der Waals surface area (Å²) in [6.07, 6.45) is 3.25. The van der Waals surface area contributed by atoms with Crippen LogP contribution in [0.2, 0.25) is 0 Å². The van der Waals surface area contributed by atoms with E-state index in [-0.39, 0.29) is 6.54 Å². The van der Waals surface area contributed by atoms with Crippen molar-refractivity contribution in [1.29, 1.82) is 0 Å². The van der Waals surface area contributed by atoms with Crippen molar-refractivity contribution in [1.82, 2.24) is 10.2 Å². The van der Waals surface area contributed by atoms with E-state index < -0.39 is 12.1 Å². The predicted octanol–water partition coefficient (Wildman–Crippen LogP) is 3.43. The third-order valence-electron chi connectivity index (χ3n) is 5.01. The fourth-order valence-corrected chi connectivity index (χ4v) is 3.78. The smallest absolute Gasteiger partial charge is 0.315 e. The number of nitrogens with one attached hydrogen (secondary N) is 1. The Kier molecular flexibility index (Phi) is 5.73. The first-order valence-electron chi connectivity index (χ1n) is 7.97. The van der Waals surface area contributed by atoms with Gasteiger partial charge in [-0.2, -0.15) is 13.2 Å². The van der Waals surface area contributed by atoms with Crippen molar-refractivity contribution < 1.29 is 13.2 Å². The van der Waals surface area contributed by atoms with Gasteiger partial charge >= 0.3 is 6.18 Å². The van der Waals surface area contributed by atoms with E-state index in [2.05, 4.69) is 5.32 Å². The summed E-state index contributed by atoms with van der Waals surface area (Å²) in [5, 5.41) is 3.35. The number of likely N-dealkylation sites (N-methyl/N-ethyl adjacent to an activating group) is 1. The number of nitrogens with zero attached hydrogens (tertiary/aromatic N) is 1. The third kappa shape index (κ3) is 4.35. The van der Waals surface area contributed by atoms with Crippen molar-refractivity contribution in [2.45, 2.75) is 57.2 Å². The van der Waals surface area contributed by atoms with Crippen molar-refractivity contribution in [3.63, 3.8) is 0 Å². The molecule has 0 aromatic rings. The van der Waals surface area contributed by atoms with Crippen LogP contribution >= 0.6 is 0 Å². The van der Waals surface area contributed by atoms with Crippen LogP contribution in [0.25, 0.3) is 0 Å². The highest BCUT2D eigenvalue weighted by molar-refractivity contribution is 4.85. The molecular weight excluding hydrogens is 265 g/mol. The van der Waals surface area contributed by atoms with Crippen molar-refractivity contribution in [2.75, 3.05) is 26.7 Å². The second kappa shape index (κ2) is 7.12. The fraction of sp³-hybridized carbons (Fsp3) is 1.00. The Morgan fingerprint density at radius 2 is 1.80 bits per heavy atom. The van der Waals surface area contributed by atoms with E-state index >= 15 is 0 Å². The quantitative estimate of drug-likeness (QED) is 0.854. The van der Waals surface area contributed by atoms with E-state index in [0.717, 1.165) is 13.1 Å². The van der Waals surface area contributed by atoms with Crippen LogP contribution in [0.1, 0.15) is 44.9 Å². The Labute approximate surface area is 120 Å². The topological polar surface area (TPSA) is 15.3 Å². The standard InChI is InChI=1S/C15H27F3N2/c1-19-14(12-6-3-2-4-7-12)11-20-9-5-8-13(10-20)15(16,17)18/h12-14,19H,2-11H2,1H3. The SMILES string of the molecule is CNC(CN1CCCC(C(F)(F)F)C1)C1CCCCC1. The molecule has 2 fully saturated rings. The van der Waals surface area contributed by atoms with Crippen LogP contribution in [-0.4, -0.2) is 43.8 Å². The van der Waals surface area contributed by atoms with Crippen molar-refractivity contribution in [3.05, 3.63) is 0 Å². The summed E-state index contributed by atoms with van der Waals surface area (Å²) in [5.74, 6) is -0.486. The first kappa shape index (κ1) is 16.1. The number of likely N-dealkylation sites (tertiary alicyclic amines) is 1. The summed E-state index contributed by atoms with van der Waals surface area (Å²) in [6.45, 7) is 1.78. The molecular formula is C15H27F3N2. The van der Waals surface area contributed by atoms with E-state index in [9.17, 15) is 13.2 Å². The summed E-state index contributed by atoms with van der Waals surface area (Å²) < 4.78 is 38.5. The molecule has 0 bridgehead atoms. The van der Waals surface area contributed by atoms with Gasteiger partial charge < -0.3 is 10.2 Å². The molecule has 0 spiro atoms. The van der Waals surface area contributed by atoms with Gasteiger partial charge in [0.2, 0.25) is 0 Å². The van der Waals surface area contributed by atoms with Crippen LogP contribution in [0.5, 0.6) is 0 Å². The molecule has 1 aliphatic carbocycles. The number of rotatable bonds is 4. The summed E-state index contributed by atoms with van der Waals surface area (Å²) in [6, 6.07) is 0.349. The van der Waals surface area contributed by atoms with Gasteiger partial charge in [-0.3, -0.25) is 0 Å². The van der Waals surface area contributed by atoms with Crippen LogP contribution in [0, 0.1) is 11.8 Å². The number of piperidine rings is 1. The van der Waals surface area contributed by atoms with Gasteiger partial charge in [-0.25, -0.2) is 0 Å². The average Bonchev–Trinajstić information content (AvgIpc) is 2.45. The van der Waals surface area contributed by atoms with Gasteiger partial charge in [-0.1, -0.05) is 19.3 Å². The lowest BCUT2D eigenvalue weighted by Gasteiger charge is -2.38. The Hall–Kier alpha value is -0.290. The molecule has 0 aromatic heterocycles. The number of hydrogen-bond acceptors (Lipinski definition) is 2. The fourth-order valence-electron chi connectivity index (χ4n) is 3.78. The number of halogens is 3. The summed E-state index contributed by atoms with van der Waals surface area (Å²) in [5.41, 5.74) is 0. The predicted molar refractivity (Wildman–Crippen MR) is 74.6 cm³/mol. The normalized spacial score (nSPS) is 28.5. The van der Waals surface area contributed by atoms with E-state index in [1.165, 1.54) is 32.1 Å². The van der Waals surface area contributed by atoms with Gasteiger partial charge in [-0.05, 0) is 45.2 Å². The maximum absolute atomic E-state index is 12.8. The Balaban J connectivity index is 1.86. The van der Waals surface area contributed by atoms with E-state index in [1.807, 2.05) is 11.9 Å². The van der Waals surface area contributed by atoms with Crippen LogP contribution in [0.15, 0.2) is 0 Å². The van der Waals surface area contributed by atoms with Gasteiger partial charge in [-0.15, -0.1) is 0 Å². The van der Waals surface area contributed by atoms with Crippen molar-refractivity contribution in [2.24, 2.45) is 11.8 Å². The maximum Gasteiger partial charge on any atom is 0.393 e. The summed E-state index contributed by atoms with van der Waals surface area (Å²) >= 11 is 0. The molecule has 20 heavy (non-hydrogen) atoms. The second-order valence-electron chi connectivity index (χ2n) is 6.43. The van der Waals surface area contributed by atoms with Crippen LogP contribution in [0.3, 0.4) is 0 Å². The molecule has 0 aromatic carbocycles. The molecule has 2 aliphatic rings. The largest absolute Gasteiger partial charge is 0.393 e. The first-order valence-corrected chi connectivity index (χ1v) is 7.97. The Morgan fingerprint density at radius 1 is 1.10 bits per heavy atom. The molecule has 0 amide bonds. The molecule has 1 saturated heterocycles. The van der Waals surface area contributed by atoms with Gasteiger partial charge in [0, 0.05) is 19.1 Å². The molecule has 2 nitrogen and oxygen atoms in total. The zero-order valence-corrected chi connectivity index (χ0v) is 12.4. The van der Waals surface area contributed by atoms with Crippen molar-refractivity contribution >= 4 is 0 Å². The molecule has 2 rings (SSSR count). The molecule has 5 heteroatoms. The van der Waals surface area contributed by atoms with Crippen LogP contribution in [-0.2, 0) is 0 Å². The maximum atomic E-state index is 12.8. The van der Waals surface area contributed by atoms with Crippen LogP contribution < -0.4 is 5.32 Å². The molecule has 1 heterocycles. The minimum absolute atomic E-state index is 0.189.